The van der Waals surface area contributed by atoms with Crippen LogP contribution in [0.2, 0.25) is 0 Å². The van der Waals surface area contributed by atoms with Gasteiger partial charge in [-0.15, -0.1) is 0 Å². The third-order valence-electron chi connectivity index (χ3n) is 2.50. The summed E-state index contributed by atoms with van der Waals surface area (Å²) in [6, 6.07) is 5.61. The normalized spacial score (nSPS) is 10.1. The molecular weight excluding hydrogens is 298 g/mol. The van der Waals surface area contributed by atoms with Gasteiger partial charge in [0.25, 0.3) is 0 Å². The van der Waals surface area contributed by atoms with Gasteiger partial charge in [-0.2, -0.15) is 0 Å². The summed E-state index contributed by atoms with van der Waals surface area (Å²) in [5.74, 6) is -0.908. The van der Waals surface area contributed by atoms with E-state index in [4.69, 9.17) is 5.11 Å². The lowest BCUT2D eigenvalue weighted by Gasteiger charge is -2.06. The number of carboxylic acids is 1. The second-order valence-electron chi connectivity index (χ2n) is 4.11. The predicted octanol–water partition coefficient (Wildman–Crippen LogP) is 3.34. The number of unbranched alkanes of at least 4 members (excludes halogenated alkanes) is 1. The summed E-state index contributed by atoms with van der Waals surface area (Å²) in [7, 11) is 0. The Hall–Kier alpha value is -1.36. The number of amides is 1. The molecule has 98 valence electrons. The van der Waals surface area contributed by atoms with Gasteiger partial charge in [-0.1, -0.05) is 22.0 Å². The Labute approximate surface area is 115 Å². The summed E-state index contributed by atoms with van der Waals surface area (Å²) in [5.41, 5.74) is 1.85. The van der Waals surface area contributed by atoms with Gasteiger partial charge in [0, 0.05) is 23.0 Å². The molecule has 5 heteroatoms. The van der Waals surface area contributed by atoms with Crippen molar-refractivity contribution in [3.05, 3.63) is 28.2 Å². The number of hydrogen-bond acceptors (Lipinski definition) is 2. The number of benzene rings is 1. The van der Waals surface area contributed by atoms with Crippen LogP contribution in [0, 0.1) is 6.92 Å². The summed E-state index contributed by atoms with van der Waals surface area (Å²) in [6.45, 7) is 1.97. The molecule has 4 nitrogen and oxygen atoms in total. The van der Waals surface area contributed by atoms with Crippen LogP contribution in [0.3, 0.4) is 0 Å². The van der Waals surface area contributed by atoms with Crippen molar-refractivity contribution >= 4 is 33.5 Å². The van der Waals surface area contributed by atoms with Crippen LogP contribution in [0.4, 0.5) is 5.69 Å². The number of carbonyl (C=O) groups is 2. The second-order valence-corrected chi connectivity index (χ2v) is 4.97. The fourth-order valence-corrected chi connectivity index (χ4v) is 1.83. The molecule has 1 amide bonds. The molecule has 1 aromatic rings. The maximum atomic E-state index is 11.6. The van der Waals surface area contributed by atoms with Gasteiger partial charge in [-0.25, -0.2) is 0 Å². The molecule has 0 atom stereocenters. The van der Waals surface area contributed by atoms with E-state index in [1.807, 2.05) is 25.1 Å². The van der Waals surface area contributed by atoms with Crippen LogP contribution in [0.25, 0.3) is 0 Å². The van der Waals surface area contributed by atoms with E-state index in [0.29, 0.717) is 19.3 Å². The lowest BCUT2D eigenvalue weighted by Crippen LogP contribution is -2.11. The zero-order valence-electron chi connectivity index (χ0n) is 10.2. The molecule has 0 aliphatic heterocycles. The van der Waals surface area contributed by atoms with E-state index in [-0.39, 0.29) is 12.3 Å². The number of carbonyl (C=O) groups excluding carboxylic acids is 1. The Kier molecular flexibility index (Phi) is 5.85. The molecule has 1 aromatic carbocycles. The molecule has 0 fully saturated rings. The lowest BCUT2D eigenvalue weighted by atomic mass is 10.2. The quantitative estimate of drug-likeness (QED) is 0.791. The van der Waals surface area contributed by atoms with E-state index in [1.54, 1.807) is 0 Å². The summed E-state index contributed by atoms with van der Waals surface area (Å²) in [6.07, 6.45) is 1.58. The maximum Gasteiger partial charge on any atom is 0.303 e. The minimum absolute atomic E-state index is 0.0869. The molecule has 18 heavy (non-hydrogen) atoms. The average molecular weight is 314 g/mol. The average Bonchev–Trinajstić information content (AvgIpc) is 2.29. The third-order valence-corrected chi connectivity index (χ3v) is 3.35. The highest BCUT2D eigenvalue weighted by atomic mass is 79.9. The van der Waals surface area contributed by atoms with Crippen molar-refractivity contribution < 1.29 is 14.7 Å². The predicted molar refractivity (Wildman–Crippen MR) is 73.6 cm³/mol. The minimum Gasteiger partial charge on any atom is -0.481 e. The minimum atomic E-state index is -0.821. The fraction of sp³-hybridized carbons (Fsp3) is 0.385. The molecule has 0 saturated carbocycles. The van der Waals surface area contributed by atoms with Crippen molar-refractivity contribution in [2.24, 2.45) is 0 Å². The fourth-order valence-electron chi connectivity index (χ4n) is 1.46. The van der Waals surface area contributed by atoms with Crippen molar-refractivity contribution in [3.63, 3.8) is 0 Å². The number of aliphatic carboxylic acids is 1. The number of rotatable bonds is 6. The van der Waals surface area contributed by atoms with Gasteiger partial charge in [0.1, 0.15) is 0 Å². The molecule has 0 aliphatic carbocycles. The topological polar surface area (TPSA) is 66.4 Å². The zero-order valence-corrected chi connectivity index (χ0v) is 11.8. The molecule has 1 rings (SSSR count). The second kappa shape index (κ2) is 7.16. The molecule has 0 radical (unpaired) electrons. The summed E-state index contributed by atoms with van der Waals surface area (Å²) < 4.78 is 0.950. The Morgan fingerprint density at radius 1 is 1.28 bits per heavy atom. The van der Waals surface area contributed by atoms with Crippen molar-refractivity contribution in [1.29, 1.82) is 0 Å². The largest absolute Gasteiger partial charge is 0.481 e. The van der Waals surface area contributed by atoms with Crippen LogP contribution in [0.15, 0.2) is 22.7 Å². The Morgan fingerprint density at radius 3 is 2.56 bits per heavy atom. The van der Waals surface area contributed by atoms with Crippen LogP contribution >= 0.6 is 15.9 Å². The summed E-state index contributed by atoms with van der Waals surface area (Å²) in [4.78, 5) is 21.9. The highest BCUT2D eigenvalue weighted by molar-refractivity contribution is 9.10. The van der Waals surface area contributed by atoms with Gasteiger partial charge < -0.3 is 10.4 Å². The third kappa shape index (κ3) is 5.31. The Bertz CT molecular complexity index is 446. The standard InChI is InChI=1S/C13H16BrNO3/c1-9-6-7-10(8-11(9)14)15-12(16)4-2-3-5-13(17)18/h6-8H,2-5H2,1H3,(H,15,16)(H,17,18). The lowest BCUT2D eigenvalue weighted by molar-refractivity contribution is -0.137. The van der Waals surface area contributed by atoms with Gasteiger partial charge in [-0.05, 0) is 37.5 Å². The molecule has 0 aliphatic rings. The van der Waals surface area contributed by atoms with E-state index in [1.165, 1.54) is 0 Å². The number of nitrogens with one attached hydrogen (secondary N) is 1. The first-order chi connectivity index (χ1) is 8.49. The van der Waals surface area contributed by atoms with E-state index in [0.717, 1.165) is 15.7 Å². The smallest absolute Gasteiger partial charge is 0.303 e. The first-order valence-electron chi connectivity index (χ1n) is 5.77. The van der Waals surface area contributed by atoms with Crippen molar-refractivity contribution in [3.8, 4) is 0 Å². The summed E-state index contributed by atoms with van der Waals surface area (Å²) >= 11 is 3.40. The zero-order chi connectivity index (χ0) is 13.5. The van der Waals surface area contributed by atoms with Crippen molar-refractivity contribution in [1.82, 2.24) is 0 Å². The van der Waals surface area contributed by atoms with Crippen molar-refractivity contribution in [2.45, 2.75) is 32.6 Å². The van der Waals surface area contributed by atoms with Crippen molar-refractivity contribution in [2.75, 3.05) is 5.32 Å². The van der Waals surface area contributed by atoms with Gasteiger partial charge in [0.2, 0.25) is 5.91 Å². The molecule has 2 N–H and O–H groups in total. The Morgan fingerprint density at radius 2 is 1.94 bits per heavy atom. The SMILES string of the molecule is Cc1ccc(NC(=O)CCCCC(=O)O)cc1Br. The molecule has 0 aromatic heterocycles. The highest BCUT2D eigenvalue weighted by Crippen LogP contribution is 2.20. The van der Waals surface area contributed by atoms with E-state index in [2.05, 4.69) is 21.2 Å². The molecule has 0 saturated heterocycles. The molecule has 0 spiro atoms. The molecule has 0 unspecified atom stereocenters. The number of carboxylic acid groups (broad SMARTS) is 1. The van der Waals surface area contributed by atoms with Gasteiger partial charge in [0.15, 0.2) is 0 Å². The van der Waals surface area contributed by atoms with Gasteiger partial charge in [0.05, 0.1) is 0 Å². The van der Waals surface area contributed by atoms with E-state index in [9.17, 15) is 9.59 Å². The van der Waals surface area contributed by atoms with Crippen LogP contribution in [0.1, 0.15) is 31.2 Å². The van der Waals surface area contributed by atoms with E-state index >= 15 is 0 Å². The van der Waals surface area contributed by atoms with Crippen LogP contribution in [-0.4, -0.2) is 17.0 Å². The highest BCUT2D eigenvalue weighted by Gasteiger charge is 2.04. The number of aryl methyl sites for hydroxylation is 1. The number of halogens is 1. The number of hydrogen-bond donors (Lipinski definition) is 2. The molecule has 0 heterocycles. The number of anilines is 1. The monoisotopic (exact) mass is 313 g/mol. The van der Waals surface area contributed by atoms with E-state index < -0.39 is 5.97 Å². The summed E-state index contributed by atoms with van der Waals surface area (Å²) in [5, 5.41) is 11.2. The van der Waals surface area contributed by atoms with Crippen LogP contribution < -0.4 is 5.32 Å². The van der Waals surface area contributed by atoms with Gasteiger partial charge >= 0.3 is 5.97 Å². The maximum absolute atomic E-state index is 11.6. The Balaban J connectivity index is 2.35. The van der Waals surface area contributed by atoms with Crippen LogP contribution in [-0.2, 0) is 9.59 Å². The first-order valence-corrected chi connectivity index (χ1v) is 6.56. The molecule has 0 bridgehead atoms. The molecular formula is C13H16BrNO3. The first kappa shape index (κ1) is 14.7. The van der Waals surface area contributed by atoms with Gasteiger partial charge in [-0.3, -0.25) is 9.59 Å². The van der Waals surface area contributed by atoms with Crippen LogP contribution in [0.5, 0.6) is 0 Å².